The first-order valence-electron chi connectivity index (χ1n) is 7.60. The fourth-order valence-corrected chi connectivity index (χ4v) is 2.31. The number of rotatable bonds is 5. The molecule has 0 aliphatic carbocycles. The van der Waals surface area contributed by atoms with Crippen molar-refractivity contribution in [3.63, 3.8) is 0 Å². The van der Waals surface area contributed by atoms with Gasteiger partial charge in [-0.25, -0.2) is 10.1 Å². The minimum Gasteiger partial charge on any atom is -0.507 e. The number of methoxy groups -OCH3 is 1. The molecule has 0 aliphatic rings. The summed E-state index contributed by atoms with van der Waals surface area (Å²) in [5, 5.41) is 21.7. The van der Waals surface area contributed by atoms with Crippen molar-refractivity contribution in [3.05, 3.63) is 48.0 Å². The summed E-state index contributed by atoms with van der Waals surface area (Å²) in [6.07, 6.45) is 1.35. The van der Waals surface area contributed by atoms with Crippen LogP contribution in [0.2, 0.25) is 0 Å². The number of nitrogens with zero attached hydrogens (tertiary/aromatic N) is 4. The van der Waals surface area contributed by atoms with Gasteiger partial charge in [0.1, 0.15) is 23.1 Å². The molecule has 1 aromatic heterocycles. The van der Waals surface area contributed by atoms with Crippen LogP contribution >= 0.6 is 0 Å². The summed E-state index contributed by atoms with van der Waals surface area (Å²) in [6.45, 7) is 1.70. The van der Waals surface area contributed by atoms with Gasteiger partial charge in [0.25, 0.3) is 5.91 Å². The van der Waals surface area contributed by atoms with Crippen LogP contribution in [-0.2, 0) is 4.79 Å². The zero-order valence-electron chi connectivity index (χ0n) is 13.7. The lowest BCUT2D eigenvalue weighted by atomic mass is 10.2. The molecule has 1 amide bonds. The lowest BCUT2D eigenvalue weighted by Gasteiger charge is -2.10. The molecule has 2 N–H and O–H groups in total. The van der Waals surface area contributed by atoms with Gasteiger partial charge >= 0.3 is 0 Å². The summed E-state index contributed by atoms with van der Waals surface area (Å²) in [5.41, 5.74) is 4.35. The van der Waals surface area contributed by atoms with E-state index in [9.17, 15) is 9.90 Å². The fraction of sp³-hybridized carbons (Fsp3) is 0.176. The third-order valence-corrected chi connectivity index (χ3v) is 3.74. The molecule has 0 fully saturated rings. The summed E-state index contributed by atoms with van der Waals surface area (Å²) in [4.78, 5) is 12.3. The summed E-state index contributed by atoms with van der Waals surface area (Å²) in [7, 11) is 1.53. The standard InChI is InChI=1S/C17H17N5O3/c1-11(22-15-6-4-3-5-14(15)19-21-22)17(24)20-18-10-12-9-13(25-2)7-8-16(12)23/h3-11,23H,1-2H3,(H,20,24)/b18-10+/t11-/m1/s1. The molecule has 1 heterocycles. The van der Waals surface area contributed by atoms with Gasteiger partial charge in [0, 0.05) is 5.56 Å². The maximum atomic E-state index is 12.3. The van der Waals surface area contributed by atoms with Gasteiger partial charge in [-0.3, -0.25) is 4.79 Å². The van der Waals surface area contributed by atoms with E-state index < -0.39 is 6.04 Å². The Morgan fingerprint density at radius 3 is 2.96 bits per heavy atom. The Morgan fingerprint density at radius 2 is 2.16 bits per heavy atom. The Bertz CT molecular complexity index is 935. The molecule has 0 unspecified atom stereocenters. The highest BCUT2D eigenvalue weighted by Gasteiger charge is 2.18. The van der Waals surface area contributed by atoms with Crippen LogP contribution in [-0.4, -0.2) is 39.3 Å². The number of phenols is 1. The highest BCUT2D eigenvalue weighted by molar-refractivity contribution is 5.87. The fourth-order valence-electron chi connectivity index (χ4n) is 2.31. The molecule has 0 saturated heterocycles. The first-order chi connectivity index (χ1) is 12.1. The highest BCUT2D eigenvalue weighted by atomic mass is 16.5. The van der Waals surface area contributed by atoms with Crippen molar-refractivity contribution in [3.8, 4) is 11.5 Å². The quantitative estimate of drug-likeness (QED) is 0.546. The van der Waals surface area contributed by atoms with Gasteiger partial charge in [0.05, 0.1) is 18.8 Å². The second-order valence-electron chi connectivity index (χ2n) is 5.36. The van der Waals surface area contributed by atoms with Crippen LogP contribution < -0.4 is 10.2 Å². The van der Waals surface area contributed by atoms with E-state index in [1.165, 1.54) is 24.1 Å². The molecule has 1 atom stereocenters. The molecule has 2 aromatic carbocycles. The lowest BCUT2D eigenvalue weighted by Crippen LogP contribution is -2.28. The van der Waals surface area contributed by atoms with Crippen LogP contribution in [0.5, 0.6) is 11.5 Å². The molecule has 3 aromatic rings. The number of aromatic nitrogens is 3. The maximum Gasteiger partial charge on any atom is 0.264 e. The minimum absolute atomic E-state index is 0.0362. The van der Waals surface area contributed by atoms with Crippen LogP contribution in [0.3, 0.4) is 0 Å². The Labute approximate surface area is 143 Å². The van der Waals surface area contributed by atoms with Gasteiger partial charge in [0.2, 0.25) is 0 Å². The average molecular weight is 339 g/mol. The Morgan fingerprint density at radius 1 is 1.36 bits per heavy atom. The van der Waals surface area contributed by atoms with Crippen molar-refractivity contribution in [2.45, 2.75) is 13.0 Å². The molecule has 128 valence electrons. The molecule has 0 radical (unpaired) electrons. The normalized spacial score (nSPS) is 12.4. The van der Waals surface area contributed by atoms with E-state index in [1.807, 2.05) is 24.3 Å². The molecule has 3 rings (SSSR count). The lowest BCUT2D eigenvalue weighted by molar-refractivity contribution is -0.124. The zero-order valence-corrected chi connectivity index (χ0v) is 13.7. The first-order valence-corrected chi connectivity index (χ1v) is 7.60. The summed E-state index contributed by atoms with van der Waals surface area (Å²) in [5.74, 6) is 0.261. The number of aromatic hydroxyl groups is 1. The predicted octanol–water partition coefficient (Wildman–Crippen LogP) is 1.86. The highest BCUT2D eigenvalue weighted by Crippen LogP contribution is 2.21. The maximum absolute atomic E-state index is 12.3. The molecule has 8 heteroatoms. The van der Waals surface area contributed by atoms with Crippen LogP contribution in [0.15, 0.2) is 47.6 Å². The van der Waals surface area contributed by atoms with Gasteiger partial charge in [-0.15, -0.1) is 5.10 Å². The molecule has 0 spiro atoms. The molecule has 8 nitrogen and oxygen atoms in total. The number of benzene rings is 2. The first kappa shape index (κ1) is 16.4. The van der Waals surface area contributed by atoms with Gasteiger partial charge in [-0.1, -0.05) is 17.3 Å². The van der Waals surface area contributed by atoms with Crippen molar-refractivity contribution < 1.29 is 14.6 Å². The number of hydrogen-bond acceptors (Lipinski definition) is 6. The monoisotopic (exact) mass is 339 g/mol. The van der Waals surface area contributed by atoms with E-state index >= 15 is 0 Å². The number of carbonyl (C=O) groups excluding carboxylic acids is 1. The van der Waals surface area contributed by atoms with E-state index in [0.717, 1.165) is 5.52 Å². The van der Waals surface area contributed by atoms with Gasteiger partial charge in [-0.05, 0) is 37.3 Å². The van der Waals surface area contributed by atoms with Crippen LogP contribution in [0.4, 0.5) is 0 Å². The van der Waals surface area contributed by atoms with Crippen molar-refractivity contribution in [1.29, 1.82) is 0 Å². The smallest absolute Gasteiger partial charge is 0.264 e. The third kappa shape index (κ3) is 3.42. The van der Waals surface area contributed by atoms with E-state index in [-0.39, 0.29) is 11.7 Å². The van der Waals surface area contributed by atoms with Crippen molar-refractivity contribution in [2.24, 2.45) is 5.10 Å². The largest absolute Gasteiger partial charge is 0.507 e. The van der Waals surface area contributed by atoms with E-state index in [0.29, 0.717) is 16.8 Å². The number of hydrazone groups is 1. The molecular formula is C17H17N5O3. The number of hydrogen-bond donors (Lipinski definition) is 2. The molecule has 0 aliphatic heterocycles. The van der Waals surface area contributed by atoms with E-state index in [4.69, 9.17) is 4.74 Å². The Balaban J connectivity index is 1.72. The number of amides is 1. The van der Waals surface area contributed by atoms with Gasteiger partial charge in [-0.2, -0.15) is 5.10 Å². The number of carbonyl (C=O) groups is 1. The van der Waals surface area contributed by atoms with Crippen molar-refractivity contribution in [2.75, 3.05) is 7.11 Å². The number of phenolic OH excluding ortho intramolecular Hbond substituents is 1. The van der Waals surface area contributed by atoms with E-state index in [2.05, 4.69) is 20.8 Å². The second kappa shape index (κ2) is 7.00. The number of nitrogens with one attached hydrogen (secondary N) is 1. The summed E-state index contributed by atoms with van der Waals surface area (Å²) in [6, 6.07) is 11.5. The molecule has 25 heavy (non-hydrogen) atoms. The number of para-hydroxylation sites is 1. The van der Waals surface area contributed by atoms with Crippen molar-refractivity contribution >= 4 is 23.2 Å². The number of fused-ring (bicyclic) bond motifs is 1. The van der Waals surface area contributed by atoms with Gasteiger partial charge in [0.15, 0.2) is 0 Å². The second-order valence-corrected chi connectivity index (χ2v) is 5.36. The van der Waals surface area contributed by atoms with Crippen molar-refractivity contribution in [1.82, 2.24) is 20.4 Å². The average Bonchev–Trinajstić information content (AvgIpc) is 3.06. The number of ether oxygens (including phenoxy) is 1. The zero-order chi connectivity index (χ0) is 17.8. The third-order valence-electron chi connectivity index (χ3n) is 3.74. The summed E-state index contributed by atoms with van der Waals surface area (Å²) >= 11 is 0. The summed E-state index contributed by atoms with van der Waals surface area (Å²) < 4.78 is 6.62. The Hall–Kier alpha value is -3.42. The molecule has 0 bridgehead atoms. The molecule has 0 saturated carbocycles. The van der Waals surface area contributed by atoms with Crippen LogP contribution in [0, 0.1) is 0 Å². The van der Waals surface area contributed by atoms with E-state index in [1.54, 1.807) is 19.1 Å². The predicted molar refractivity (Wildman–Crippen MR) is 92.6 cm³/mol. The van der Waals surface area contributed by atoms with Crippen LogP contribution in [0.25, 0.3) is 11.0 Å². The van der Waals surface area contributed by atoms with Crippen LogP contribution in [0.1, 0.15) is 18.5 Å². The minimum atomic E-state index is -0.594. The Kier molecular flexibility index (Phi) is 4.60. The van der Waals surface area contributed by atoms with Gasteiger partial charge < -0.3 is 9.84 Å². The topological polar surface area (TPSA) is 102 Å². The molecular weight excluding hydrogens is 322 g/mol. The SMILES string of the molecule is COc1ccc(O)c(/C=N/NC(=O)[C@@H](C)n2nnc3ccccc32)c1.